The minimum Gasteiger partial charge on any atom is -0.464 e. The topological polar surface area (TPSA) is 67.9 Å². The van der Waals surface area contributed by atoms with Gasteiger partial charge in [0.1, 0.15) is 11.6 Å². The van der Waals surface area contributed by atoms with Gasteiger partial charge in [-0.3, -0.25) is 4.90 Å². The van der Waals surface area contributed by atoms with Crippen LogP contribution in [0.25, 0.3) is 0 Å². The lowest BCUT2D eigenvalue weighted by Gasteiger charge is -2.39. The number of fused-ring (bicyclic) bond motifs is 2. The Balaban J connectivity index is 2.15. The van der Waals surface area contributed by atoms with E-state index in [1.165, 1.54) is 4.90 Å². The van der Waals surface area contributed by atoms with Crippen molar-refractivity contribution < 1.29 is 19.1 Å². The molecule has 2 heterocycles. The second-order valence-electron chi connectivity index (χ2n) is 6.38. The first-order chi connectivity index (χ1) is 9.31. The number of carbonyl (C=O) groups is 2. The van der Waals surface area contributed by atoms with Crippen LogP contribution in [-0.4, -0.2) is 53.8 Å². The minimum absolute atomic E-state index is 0.0275. The van der Waals surface area contributed by atoms with Gasteiger partial charge in [0.25, 0.3) is 0 Å². The van der Waals surface area contributed by atoms with Crippen molar-refractivity contribution >= 4 is 12.1 Å². The number of hydrogen-bond donors (Lipinski definition) is 1. The van der Waals surface area contributed by atoms with Gasteiger partial charge < -0.3 is 14.8 Å². The highest BCUT2D eigenvalue weighted by molar-refractivity contribution is 5.83. The van der Waals surface area contributed by atoms with Crippen molar-refractivity contribution in [2.45, 2.75) is 64.3 Å². The smallest absolute Gasteiger partial charge is 0.411 e. The molecule has 0 aromatic rings. The second-order valence-corrected chi connectivity index (χ2v) is 6.38. The number of piperazine rings is 1. The number of ether oxygens (including phenoxy) is 2. The van der Waals surface area contributed by atoms with Gasteiger partial charge in [-0.05, 0) is 40.5 Å². The summed E-state index contributed by atoms with van der Waals surface area (Å²) in [5, 5.41) is 3.38. The maximum absolute atomic E-state index is 12.3. The molecule has 2 rings (SSSR count). The first-order valence-electron chi connectivity index (χ1n) is 7.24. The van der Waals surface area contributed by atoms with Crippen LogP contribution in [0.2, 0.25) is 0 Å². The Morgan fingerprint density at radius 2 is 2.00 bits per heavy atom. The molecule has 20 heavy (non-hydrogen) atoms. The summed E-state index contributed by atoms with van der Waals surface area (Å²) < 4.78 is 10.5. The molecule has 114 valence electrons. The SMILES string of the molecule is CCOC(=O)[C@H]1[C@H]2CC[C@@H](CN1C(=O)OC(C)(C)C)N2. The highest BCUT2D eigenvalue weighted by Crippen LogP contribution is 2.27. The highest BCUT2D eigenvalue weighted by atomic mass is 16.6. The van der Waals surface area contributed by atoms with Crippen LogP contribution in [0.3, 0.4) is 0 Å². The van der Waals surface area contributed by atoms with Crippen molar-refractivity contribution in [1.29, 1.82) is 0 Å². The molecule has 2 saturated heterocycles. The zero-order valence-electron chi connectivity index (χ0n) is 12.6. The summed E-state index contributed by atoms with van der Waals surface area (Å²) in [6, 6.07) is -0.359. The van der Waals surface area contributed by atoms with E-state index in [0.717, 1.165) is 12.8 Å². The Bertz CT molecular complexity index is 391. The van der Waals surface area contributed by atoms with Crippen molar-refractivity contribution in [1.82, 2.24) is 10.2 Å². The van der Waals surface area contributed by atoms with Crippen LogP contribution < -0.4 is 5.32 Å². The molecule has 2 aliphatic heterocycles. The number of hydrogen-bond acceptors (Lipinski definition) is 5. The molecule has 2 bridgehead atoms. The van der Waals surface area contributed by atoms with E-state index in [1.807, 2.05) is 20.8 Å². The van der Waals surface area contributed by atoms with Gasteiger partial charge in [-0.2, -0.15) is 0 Å². The summed E-state index contributed by atoms with van der Waals surface area (Å²) in [6.45, 7) is 8.04. The van der Waals surface area contributed by atoms with Gasteiger partial charge in [0.2, 0.25) is 0 Å². The molecule has 3 atom stereocenters. The molecule has 6 nitrogen and oxygen atoms in total. The molecule has 0 aliphatic carbocycles. The van der Waals surface area contributed by atoms with E-state index in [4.69, 9.17) is 9.47 Å². The van der Waals surface area contributed by atoms with Gasteiger partial charge in [0.05, 0.1) is 6.61 Å². The predicted molar refractivity (Wildman–Crippen MR) is 73.3 cm³/mol. The third kappa shape index (κ3) is 3.23. The van der Waals surface area contributed by atoms with Crippen LogP contribution in [0.4, 0.5) is 4.79 Å². The average molecular weight is 284 g/mol. The van der Waals surface area contributed by atoms with Gasteiger partial charge in [-0.15, -0.1) is 0 Å². The number of rotatable bonds is 2. The summed E-state index contributed by atoms with van der Waals surface area (Å²) in [6.07, 6.45) is 1.42. The molecule has 1 N–H and O–H groups in total. The van der Waals surface area contributed by atoms with E-state index in [2.05, 4.69) is 5.32 Å². The molecule has 6 heteroatoms. The molecule has 2 fully saturated rings. The van der Waals surface area contributed by atoms with Gasteiger partial charge in [0, 0.05) is 18.6 Å². The highest BCUT2D eigenvalue weighted by Gasteiger charge is 2.47. The van der Waals surface area contributed by atoms with E-state index < -0.39 is 17.7 Å². The van der Waals surface area contributed by atoms with E-state index in [0.29, 0.717) is 13.2 Å². The number of carbonyl (C=O) groups excluding carboxylic acids is 2. The quantitative estimate of drug-likeness (QED) is 0.774. The summed E-state index contributed by atoms with van der Waals surface area (Å²) in [5.41, 5.74) is -0.569. The van der Waals surface area contributed by atoms with E-state index >= 15 is 0 Å². The minimum atomic E-state index is -0.580. The van der Waals surface area contributed by atoms with Crippen LogP contribution in [0.1, 0.15) is 40.5 Å². The number of esters is 1. The molecule has 0 unspecified atom stereocenters. The normalized spacial score (nSPS) is 29.2. The molecule has 2 aliphatic rings. The molecule has 0 aromatic heterocycles. The Morgan fingerprint density at radius 1 is 1.30 bits per heavy atom. The molecule has 1 amide bonds. The first kappa shape index (κ1) is 15.1. The third-order valence-electron chi connectivity index (χ3n) is 3.57. The van der Waals surface area contributed by atoms with Crippen molar-refractivity contribution in [3.63, 3.8) is 0 Å². The van der Waals surface area contributed by atoms with Crippen LogP contribution >= 0.6 is 0 Å². The fourth-order valence-corrected chi connectivity index (χ4v) is 2.84. The van der Waals surface area contributed by atoms with Crippen molar-refractivity contribution in [3.8, 4) is 0 Å². The number of nitrogens with zero attached hydrogens (tertiary/aromatic N) is 1. The van der Waals surface area contributed by atoms with Crippen molar-refractivity contribution in [2.24, 2.45) is 0 Å². The van der Waals surface area contributed by atoms with Crippen LogP contribution in [0.15, 0.2) is 0 Å². The zero-order valence-corrected chi connectivity index (χ0v) is 12.6. The Kier molecular flexibility index (Phi) is 4.22. The van der Waals surface area contributed by atoms with Gasteiger partial charge in [-0.1, -0.05) is 0 Å². The Morgan fingerprint density at radius 3 is 2.60 bits per heavy atom. The zero-order chi connectivity index (χ0) is 14.9. The van der Waals surface area contributed by atoms with E-state index in [9.17, 15) is 9.59 Å². The van der Waals surface area contributed by atoms with Crippen LogP contribution in [0.5, 0.6) is 0 Å². The Hall–Kier alpha value is -1.30. The molecule has 0 saturated carbocycles. The molecule has 0 radical (unpaired) electrons. The third-order valence-corrected chi connectivity index (χ3v) is 3.57. The van der Waals surface area contributed by atoms with Crippen LogP contribution in [0, 0.1) is 0 Å². The molecule has 0 spiro atoms. The largest absolute Gasteiger partial charge is 0.464 e. The van der Waals surface area contributed by atoms with Crippen molar-refractivity contribution in [2.75, 3.05) is 13.2 Å². The maximum Gasteiger partial charge on any atom is 0.411 e. The van der Waals surface area contributed by atoms with E-state index in [-0.39, 0.29) is 18.1 Å². The second kappa shape index (κ2) is 5.60. The molecular weight excluding hydrogens is 260 g/mol. The molecule has 0 aromatic carbocycles. The Labute approximate surface area is 119 Å². The fourth-order valence-electron chi connectivity index (χ4n) is 2.84. The lowest BCUT2D eigenvalue weighted by atomic mass is 10.1. The average Bonchev–Trinajstić information content (AvgIpc) is 2.68. The monoisotopic (exact) mass is 284 g/mol. The summed E-state index contributed by atoms with van der Waals surface area (Å²) in [4.78, 5) is 26.0. The number of nitrogens with one attached hydrogen (secondary N) is 1. The van der Waals surface area contributed by atoms with E-state index in [1.54, 1.807) is 6.92 Å². The predicted octanol–water partition coefficient (Wildman–Crippen LogP) is 1.29. The lowest BCUT2D eigenvalue weighted by molar-refractivity contribution is -0.151. The van der Waals surface area contributed by atoms with Gasteiger partial charge in [0.15, 0.2) is 0 Å². The molecular formula is C14H24N2O4. The van der Waals surface area contributed by atoms with Gasteiger partial charge in [-0.25, -0.2) is 9.59 Å². The maximum atomic E-state index is 12.3. The van der Waals surface area contributed by atoms with Crippen molar-refractivity contribution in [3.05, 3.63) is 0 Å². The number of amides is 1. The summed E-state index contributed by atoms with van der Waals surface area (Å²) in [7, 11) is 0. The number of likely N-dealkylation sites (tertiary alicyclic amines) is 1. The fraction of sp³-hybridized carbons (Fsp3) is 0.857. The summed E-state index contributed by atoms with van der Waals surface area (Å²) >= 11 is 0. The lowest BCUT2D eigenvalue weighted by Crippen LogP contribution is -2.63. The first-order valence-corrected chi connectivity index (χ1v) is 7.24. The summed E-state index contributed by atoms with van der Waals surface area (Å²) in [5.74, 6) is -0.351. The van der Waals surface area contributed by atoms with Gasteiger partial charge >= 0.3 is 12.1 Å². The standard InChI is InChI=1S/C14H24N2O4/c1-5-19-12(17)11-10-7-6-9(15-10)8-16(11)13(18)20-14(2,3)4/h9-11,15H,5-8H2,1-4H3/t9-,10+,11+/m0/s1. The van der Waals surface area contributed by atoms with Crippen LogP contribution in [-0.2, 0) is 14.3 Å².